The van der Waals surface area contributed by atoms with E-state index in [1.165, 1.54) is 12.1 Å². The van der Waals surface area contributed by atoms with Crippen molar-refractivity contribution in [2.24, 2.45) is 0 Å². The molecule has 1 rings (SSSR count). The zero-order valence-corrected chi connectivity index (χ0v) is 10.3. The van der Waals surface area contributed by atoms with Crippen molar-refractivity contribution < 1.29 is 27.4 Å². The Bertz CT molecular complexity index is 421. The Labute approximate surface area is 108 Å². The number of nitrogens with one attached hydrogen (secondary N) is 1. The first-order valence-corrected chi connectivity index (χ1v) is 5.62. The van der Waals surface area contributed by atoms with Crippen LogP contribution in [0, 0.1) is 0 Å². The average molecular weight is 277 g/mol. The fourth-order valence-corrected chi connectivity index (χ4v) is 1.26. The van der Waals surface area contributed by atoms with Gasteiger partial charge in [0.1, 0.15) is 6.61 Å². The summed E-state index contributed by atoms with van der Waals surface area (Å²) in [4.78, 5) is 11.3. The second-order valence-electron chi connectivity index (χ2n) is 3.54. The third kappa shape index (κ3) is 5.60. The first-order chi connectivity index (χ1) is 8.93. The number of ether oxygens (including phenoxy) is 2. The van der Waals surface area contributed by atoms with Gasteiger partial charge in [-0.1, -0.05) is 6.07 Å². The van der Waals surface area contributed by atoms with Crippen LogP contribution in [0.15, 0.2) is 24.3 Å². The summed E-state index contributed by atoms with van der Waals surface area (Å²) in [6, 6.07) is 4.31. The van der Waals surface area contributed by atoms with Gasteiger partial charge in [0.05, 0.1) is 12.2 Å². The van der Waals surface area contributed by atoms with E-state index in [1.807, 2.05) is 0 Å². The average Bonchev–Trinajstić information content (AvgIpc) is 2.34. The predicted molar refractivity (Wildman–Crippen MR) is 62.9 cm³/mol. The molecule has 1 N–H and O–H groups in total. The number of carbonyl (C=O) groups excluding carboxylic acids is 1. The molecule has 0 fully saturated rings. The van der Waals surface area contributed by atoms with E-state index in [4.69, 9.17) is 9.47 Å². The molecular formula is C12H14F3NO3. The van der Waals surface area contributed by atoms with Gasteiger partial charge in [-0.3, -0.25) is 5.32 Å². The molecule has 0 unspecified atom stereocenters. The van der Waals surface area contributed by atoms with Crippen LogP contribution in [0.5, 0.6) is 0 Å². The highest BCUT2D eigenvalue weighted by molar-refractivity contribution is 5.84. The quantitative estimate of drug-likeness (QED) is 0.840. The van der Waals surface area contributed by atoms with Gasteiger partial charge < -0.3 is 9.47 Å². The summed E-state index contributed by atoms with van der Waals surface area (Å²) in [6.45, 7) is 2.58. The Kier molecular flexibility index (Phi) is 5.62. The molecule has 106 valence electrons. The number of hydrogen-bond donors (Lipinski definition) is 1. The van der Waals surface area contributed by atoms with Gasteiger partial charge in [0.25, 0.3) is 0 Å². The van der Waals surface area contributed by atoms with Crippen molar-refractivity contribution in [3.63, 3.8) is 0 Å². The predicted octanol–water partition coefficient (Wildman–Crippen LogP) is 3.29. The van der Waals surface area contributed by atoms with E-state index in [-0.39, 0.29) is 18.9 Å². The Morgan fingerprint density at radius 3 is 2.68 bits per heavy atom. The second-order valence-corrected chi connectivity index (χ2v) is 3.54. The van der Waals surface area contributed by atoms with Gasteiger partial charge in [-0.15, -0.1) is 0 Å². The van der Waals surface area contributed by atoms with Crippen LogP contribution in [0.1, 0.15) is 12.5 Å². The van der Waals surface area contributed by atoms with Crippen LogP contribution >= 0.6 is 0 Å². The minimum Gasteiger partial charge on any atom is -0.447 e. The molecule has 0 aliphatic carbocycles. The molecule has 7 heteroatoms. The molecule has 0 heterocycles. The lowest BCUT2D eigenvalue weighted by Gasteiger charge is -2.10. The molecular weight excluding hydrogens is 263 g/mol. The van der Waals surface area contributed by atoms with Gasteiger partial charge >= 0.3 is 12.3 Å². The summed E-state index contributed by atoms with van der Waals surface area (Å²) in [5.74, 6) is 0. The fourth-order valence-electron chi connectivity index (χ4n) is 1.26. The van der Waals surface area contributed by atoms with Gasteiger partial charge in [-0.2, -0.15) is 13.2 Å². The Morgan fingerprint density at radius 1 is 1.32 bits per heavy atom. The zero-order chi connectivity index (χ0) is 14.3. The molecule has 0 atom stereocenters. The maximum absolute atomic E-state index is 12.4. The van der Waals surface area contributed by atoms with Crippen LogP contribution in [0.2, 0.25) is 0 Å². The maximum Gasteiger partial charge on any atom is 0.416 e. The van der Waals surface area contributed by atoms with Gasteiger partial charge in [0, 0.05) is 12.3 Å². The highest BCUT2D eigenvalue weighted by atomic mass is 19.4. The fraction of sp³-hybridized carbons (Fsp3) is 0.417. The molecule has 0 bridgehead atoms. The van der Waals surface area contributed by atoms with Crippen LogP contribution in [0.25, 0.3) is 0 Å². The minimum atomic E-state index is -4.45. The summed E-state index contributed by atoms with van der Waals surface area (Å²) in [5.41, 5.74) is -0.809. The molecule has 1 aromatic rings. The molecule has 0 aromatic heterocycles. The highest BCUT2D eigenvalue weighted by Gasteiger charge is 2.30. The van der Waals surface area contributed by atoms with E-state index < -0.39 is 17.8 Å². The van der Waals surface area contributed by atoms with Crippen LogP contribution in [-0.2, 0) is 15.7 Å². The van der Waals surface area contributed by atoms with E-state index in [0.717, 1.165) is 12.1 Å². The van der Waals surface area contributed by atoms with Crippen molar-refractivity contribution >= 4 is 11.8 Å². The number of anilines is 1. The van der Waals surface area contributed by atoms with Gasteiger partial charge in [-0.05, 0) is 25.1 Å². The summed E-state index contributed by atoms with van der Waals surface area (Å²) < 4.78 is 47.0. The zero-order valence-electron chi connectivity index (χ0n) is 10.3. The van der Waals surface area contributed by atoms with Crippen LogP contribution in [0.3, 0.4) is 0 Å². The smallest absolute Gasteiger partial charge is 0.416 e. The van der Waals surface area contributed by atoms with E-state index in [2.05, 4.69) is 5.32 Å². The van der Waals surface area contributed by atoms with Crippen LogP contribution < -0.4 is 5.32 Å². The largest absolute Gasteiger partial charge is 0.447 e. The van der Waals surface area contributed by atoms with E-state index in [9.17, 15) is 18.0 Å². The number of halogens is 3. The summed E-state index contributed by atoms with van der Waals surface area (Å²) >= 11 is 0. The van der Waals surface area contributed by atoms with E-state index in [1.54, 1.807) is 6.92 Å². The van der Waals surface area contributed by atoms with Crippen molar-refractivity contribution in [3.8, 4) is 0 Å². The molecule has 1 amide bonds. The molecule has 0 saturated carbocycles. The SMILES string of the molecule is CCOCCOC(=O)Nc1cccc(C(F)(F)F)c1. The third-order valence-electron chi connectivity index (χ3n) is 2.10. The number of rotatable bonds is 5. The number of amides is 1. The maximum atomic E-state index is 12.4. The highest BCUT2D eigenvalue weighted by Crippen LogP contribution is 2.30. The molecule has 0 spiro atoms. The van der Waals surface area contributed by atoms with Crippen molar-refractivity contribution in [3.05, 3.63) is 29.8 Å². The Morgan fingerprint density at radius 2 is 2.05 bits per heavy atom. The van der Waals surface area contributed by atoms with E-state index in [0.29, 0.717) is 6.61 Å². The summed E-state index contributed by atoms with van der Waals surface area (Å²) in [6.07, 6.45) is -5.27. The first-order valence-electron chi connectivity index (χ1n) is 5.62. The van der Waals surface area contributed by atoms with Crippen molar-refractivity contribution in [2.45, 2.75) is 13.1 Å². The summed E-state index contributed by atoms with van der Waals surface area (Å²) in [5, 5.41) is 2.21. The number of carbonyl (C=O) groups is 1. The van der Waals surface area contributed by atoms with Crippen molar-refractivity contribution in [1.29, 1.82) is 0 Å². The molecule has 4 nitrogen and oxygen atoms in total. The molecule has 0 radical (unpaired) electrons. The summed E-state index contributed by atoms with van der Waals surface area (Å²) in [7, 11) is 0. The lowest BCUT2D eigenvalue weighted by molar-refractivity contribution is -0.137. The van der Waals surface area contributed by atoms with E-state index >= 15 is 0 Å². The Hall–Kier alpha value is -1.76. The molecule has 19 heavy (non-hydrogen) atoms. The monoisotopic (exact) mass is 277 g/mol. The van der Waals surface area contributed by atoms with Gasteiger partial charge in [0.15, 0.2) is 0 Å². The first kappa shape index (κ1) is 15.3. The van der Waals surface area contributed by atoms with Crippen LogP contribution in [-0.4, -0.2) is 25.9 Å². The normalized spacial score (nSPS) is 11.2. The lowest BCUT2D eigenvalue weighted by Crippen LogP contribution is -2.17. The number of hydrogen-bond acceptors (Lipinski definition) is 3. The third-order valence-corrected chi connectivity index (χ3v) is 2.10. The molecule has 0 aliphatic rings. The van der Waals surface area contributed by atoms with Crippen molar-refractivity contribution in [2.75, 3.05) is 25.1 Å². The van der Waals surface area contributed by atoms with Crippen molar-refractivity contribution in [1.82, 2.24) is 0 Å². The van der Waals surface area contributed by atoms with Gasteiger partial charge in [-0.25, -0.2) is 4.79 Å². The minimum absolute atomic E-state index is 0.0243. The topological polar surface area (TPSA) is 47.6 Å². The molecule has 1 aromatic carbocycles. The lowest BCUT2D eigenvalue weighted by atomic mass is 10.2. The molecule has 0 aliphatic heterocycles. The Balaban J connectivity index is 2.50. The number of benzene rings is 1. The van der Waals surface area contributed by atoms with Crippen LogP contribution in [0.4, 0.5) is 23.7 Å². The second kappa shape index (κ2) is 6.98. The molecule has 0 saturated heterocycles. The number of alkyl halides is 3. The standard InChI is InChI=1S/C12H14F3NO3/c1-2-18-6-7-19-11(17)16-10-5-3-4-9(8-10)12(13,14)15/h3-5,8H,2,6-7H2,1H3,(H,16,17). The van der Waals surface area contributed by atoms with Gasteiger partial charge in [0.2, 0.25) is 0 Å².